The molecule has 1 N–H and O–H groups in total. The summed E-state index contributed by atoms with van der Waals surface area (Å²) in [6.45, 7) is 2.15. The van der Waals surface area contributed by atoms with E-state index in [4.69, 9.17) is 0 Å². The van der Waals surface area contributed by atoms with Gasteiger partial charge in [0.15, 0.2) is 0 Å². The van der Waals surface area contributed by atoms with Gasteiger partial charge in [0.2, 0.25) is 0 Å². The van der Waals surface area contributed by atoms with Crippen molar-refractivity contribution in [3.05, 3.63) is 35.4 Å². The van der Waals surface area contributed by atoms with Gasteiger partial charge in [-0.2, -0.15) is 0 Å². The van der Waals surface area contributed by atoms with Crippen molar-refractivity contribution in [2.45, 2.75) is 57.5 Å². The number of benzene rings is 1. The van der Waals surface area contributed by atoms with Crippen molar-refractivity contribution >= 4 is 0 Å². The highest BCUT2D eigenvalue weighted by molar-refractivity contribution is 5.22. The Morgan fingerprint density at radius 3 is 2.20 bits per heavy atom. The Kier molecular flexibility index (Phi) is 6.55. The van der Waals surface area contributed by atoms with E-state index < -0.39 is 0 Å². The smallest absolute Gasteiger partial charge is 0.0233 e. The third-order valence-electron chi connectivity index (χ3n) is 4.57. The molecule has 0 amide bonds. The topological polar surface area (TPSA) is 15.3 Å². The summed E-state index contributed by atoms with van der Waals surface area (Å²) in [5.74, 6) is 0. The maximum Gasteiger partial charge on any atom is 0.0233 e. The lowest BCUT2D eigenvalue weighted by molar-refractivity contribution is 0.213. The number of nitrogens with zero attached hydrogens (tertiary/aromatic N) is 1. The third kappa shape index (κ3) is 4.92. The molecule has 0 aromatic heterocycles. The van der Waals surface area contributed by atoms with E-state index in [0.717, 1.165) is 25.6 Å². The van der Waals surface area contributed by atoms with Crippen molar-refractivity contribution in [3.63, 3.8) is 0 Å². The van der Waals surface area contributed by atoms with Gasteiger partial charge in [0.25, 0.3) is 0 Å². The average molecular weight is 274 g/mol. The predicted molar refractivity (Wildman–Crippen MR) is 87.0 cm³/mol. The molecule has 0 spiro atoms. The van der Waals surface area contributed by atoms with Crippen molar-refractivity contribution in [1.82, 2.24) is 10.2 Å². The van der Waals surface area contributed by atoms with Crippen LogP contribution in [0.3, 0.4) is 0 Å². The molecule has 1 aliphatic carbocycles. The largest absolute Gasteiger partial charge is 0.319 e. The van der Waals surface area contributed by atoms with Gasteiger partial charge in [-0.1, -0.05) is 49.9 Å². The van der Waals surface area contributed by atoms with E-state index in [-0.39, 0.29) is 0 Å². The van der Waals surface area contributed by atoms with Crippen LogP contribution in [0.15, 0.2) is 24.3 Å². The van der Waals surface area contributed by atoms with Crippen LogP contribution in [-0.2, 0) is 13.0 Å². The molecular formula is C18H30N2. The standard InChI is InChI=1S/C18H30N2/c1-19-14-13-16-9-11-17(12-10-16)15-20(2)18-7-5-3-4-6-8-18/h9-12,18-19H,3-8,13-15H2,1-2H3. The summed E-state index contributed by atoms with van der Waals surface area (Å²) in [6.07, 6.45) is 9.59. The maximum atomic E-state index is 3.20. The summed E-state index contributed by atoms with van der Waals surface area (Å²) in [6, 6.07) is 9.97. The molecule has 1 aromatic rings. The van der Waals surface area contributed by atoms with E-state index in [1.807, 2.05) is 7.05 Å². The number of nitrogens with one attached hydrogen (secondary N) is 1. The summed E-state index contributed by atoms with van der Waals surface area (Å²) < 4.78 is 0. The zero-order valence-electron chi connectivity index (χ0n) is 13.2. The van der Waals surface area contributed by atoms with Crippen LogP contribution >= 0.6 is 0 Å². The number of hydrogen-bond acceptors (Lipinski definition) is 2. The maximum absolute atomic E-state index is 3.20. The van der Waals surface area contributed by atoms with Gasteiger partial charge < -0.3 is 5.32 Å². The first-order valence-corrected chi connectivity index (χ1v) is 8.22. The molecule has 2 heteroatoms. The Labute approximate surface area is 124 Å². The third-order valence-corrected chi connectivity index (χ3v) is 4.57. The highest BCUT2D eigenvalue weighted by Gasteiger charge is 2.16. The number of hydrogen-bond donors (Lipinski definition) is 1. The normalized spacial score (nSPS) is 17.4. The fraction of sp³-hybridized carbons (Fsp3) is 0.667. The SMILES string of the molecule is CNCCc1ccc(CN(C)C2CCCCCC2)cc1. The molecule has 20 heavy (non-hydrogen) atoms. The Hall–Kier alpha value is -0.860. The summed E-state index contributed by atoms with van der Waals surface area (Å²) in [7, 11) is 4.31. The molecular weight excluding hydrogens is 244 g/mol. The quantitative estimate of drug-likeness (QED) is 0.797. The van der Waals surface area contributed by atoms with Gasteiger partial charge >= 0.3 is 0 Å². The minimum atomic E-state index is 0.793. The Morgan fingerprint density at radius 2 is 1.60 bits per heavy atom. The molecule has 112 valence electrons. The molecule has 0 unspecified atom stereocenters. The van der Waals surface area contributed by atoms with E-state index >= 15 is 0 Å². The zero-order chi connectivity index (χ0) is 14.2. The molecule has 2 rings (SSSR count). The summed E-state index contributed by atoms with van der Waals surface area (Å²) >= 11 is 0. The van der Waals surface area contributed by atoms with Crippen molar-refractivity contribution in [2.24, 2.45) is 0 Å². The molecule has 1 aromatic carbocycles. The first-order chi connectivity index (χ1) is 9.79. The summed E-state index contributed by atoms with van der Waals surface area (Å²) in [5.41, 5.74) is 2.88. The molecule has 0 saturated heterocycles. The van der Waals surface area contributed by atoms with Crippen molar-refractivity contribution in [1.29, 1.82) is 0 Å². The number of likely N-dealkylation sites (N-methyl/N-ethyl adjacent to an activating group) is 1. The van der Waals surface area contributed by atoms with Crippen LogP contribution in [0.25, 0.3) is 0 Å². The lowest BCUT2D eigenvalue weighted by Gasteiger charge is -2.27. The first-order valence-electron chi connectivity index (χ1n) is 8.22. The molecule has 0 bridgehead atoms. The second-order valence-corrected chi connectivity index (χ2v) is 6.23. The second-order valence-electron chi connectivity index (χ2n) is 6.23. The molecule has 1 saturated carbocycles. The van der Waals surface area contributed by atoms with Crippen molar-refractivity contribution in [3.8, 4) is 0 Å². The van der Waals surface area contributed by atoms with Crippen LogP contribution < -0.4 is 5.32 Å². The minimum absolute atomic E-state index is 0.793. The highest BCUT2D eigenvalue weighted by atomic mass is 15.1. The number of rotatable bonds is 6. The average Bonchev–Trinajstić information content (AvgIpc) is 2.75. The molecule has 0 aliphatic heterocycles. The van der Waals surface area contributed by atoms with E-state index in [1.54, 1.807) is 0 Å². The minimum Gasteiger partial charge on any atom is -0.319 e. The zero-order valence-corrected chi connectivity index (χ0v) is 13.2. The molecule has 1 fully saturated rings. The Morgan fingerprint density at radius 1 is 1.00 bits per heavy atom. The van der Waals surface area contributed by atoms with E-state index in [0.29, 0.717) is 0 Å². The van der Waals surface area contributed by atoms with Crippen LogP contribution in [0.4, 0.5) is 0 Å². The molecule has 1 aliphatic rings. The van der Waals surface area contributed by atoms with Crippen molar-refractivity contribution < 1.29 is 0 Å². The summed E-state index contributed by atoms with van der Waals surface area (Å²) in [4.78, 5) is 2.56. The monoisotopic (exact) mass is 274 g/mol. The molecule has 0 atom stereocenters. The van der Waals surface area contributed by atoms with E-state index in [9.17, 15) is 0 Å². The van der Waals surface area contributed by atoms with E-state index in [1.165, 1.54) is 49.7 Å². The molecule has 0 heterocycles. The van der Waals surface area contributed by atoms with Crippen LogP contribution in [0.5, 0.6) is 0 Å². The van der Waals surface area contributed by atoms with Gasteiger partial charge in [0, 0.05) is 12.6 Å². The van der Waals surface area contributed by atoms with Gasteiger partial charge in [-0.05, 0) is 51.0 Å². The first kappa shape index (κ1) is 15.5. The van der Waals surface area contributed by atoms with Crippen molar-refractivity contribution in [2.75, 3.05) is 20.6 Å². The van der Waals surface area contributed by atoms with Crippen LogP contribution in [0, 0.1) is 0 Å². The second kappa shape index (κ2) is 8.43. The summed E-state index contributed by atoms with van der Waals surface area (Å²) in [5, 5.41) is 3.20. The Bertz CT molecular complexity index is 364. The lowest BCUT2D eigenvalue weighted by atomic mass is 10.1. The van der Waals surface area contributed by atoms with Gasteiger partial charge in [0.05, 0.1) is 0 Å². The molecule has 0 radical (unpaired) electrons. The van der Waals surface area contributed by atoms with Crippen LogP contribution in [0.1, 0.15) is 49.7 Å². The highest BCUT2D eigenvalue weighted by Crippen LogP contribution is 2.22. The Balaban J connectivity index is 1.85. The fourth-order valence-electron chi connectivity index (χ4n) is 3.20. The van der Waals surface area contributed by atoms with Gasteiger partial charge in [-0.25, -0.2) is 0 Å². The van der Waals surface area contributed by atoms with Gasteiger partial charge in [-0.3, -0.25) is 4.90 Å². The lowest BCUT2D eigenvalue weighted by Crippen LogP contribution is -2.30. The fourth-order valence-corrected chi connectivity index (χ4v) is 3.20. The van der Waals surface area contributed by atoms with E-state index in [2.05, 4.69) is 41.5 Å². The predicted octanol–water partition coefficient (Wildman–Crippen LogP) is 3.60. The van der Waals surface area contributed by atoms with Gasteiger partial charge in [0.1, 0.15) is 0 Å². The van der Waals surface area contributed by atoms with Crippen LogP contribution in [0.2, 0.25) is 0 Å². The van der Waals surface area contributed by atoms with Crippen LogP contribution in [-0.4, -0.2) is 31.6 Å². The van der Waals surface area contributed by atoms with Gasteiger partial charge in [-0.15, -0.1) is 0 Å². The molecule has 2 nitrogen and oxygen atoms in total.